The van der Waals surface area contributed by atoms with Gasteiger partial charge in [0.2, 0.25) is 0 Å². The summed E-state index contributed by atoms with van der Waals surface area (Å²) in [6, 6.07) is 11.2. The maximum Gasteiger partial charge on any atom is 0.263 e. The second-order valence-electron chi connectivity index (χ2n) is 4.48. The highest BCUT2D eigenvalue weighted by molar-refractivity contribution is 9.10. The van der Waals surface area contributed by atoms with Gasteiger partial charge in [-0.25, -0.2) is 13.1 Å². The standard InChI is InChI=1S/C13H9BrClN5O2S/c14-9-4-5-13(12(15)6-9)23(21,22)17-10-2-1-3-11(7-10)20-8-16-18-19-20/h1-8,17H. The Morgan fingerprint density at radius 1 is 1.17 bits per heavy atom. The van der Waals surface area contributed by atoms with Crippen LogP contribution in [0.5, 0.6) is 0 Å². The van der Waals surface area contributed by atoms with Gasteiger partial charge in [-0.05, 0) is 46.8 Å². The summed E-state index contributed by atoms with van der Waals surface area (Å²) in [4.78, 5) is -0.00445. The molecular formula is C13H9BrClN5O2S. The van der Waals surface area contributed by atoms with Crippen LogP contribution in [0.3, 0.4) is 0 Å². The van der Waals surface area contributed by atoms with Crippen LogP contribution in [0.25, 0.3) is 5.69 Å². The number of tetrazole rings is 1. The van der Waals surface area contributed by atoms with Crippen LogP contribution in [0.4, 0.5) is 5.69 Å². The Labute approximate surface area is 145 Å². The monoisotopic (exact) mass is 413 g/mol. The van der Waals surface area contributed by atoms with E-state index in [4.69, 9.17) is 11.6 Å². The average molecular weight is 415 g/mol. The molecule has 0 bridgehead atoms. The summed E-state index contributed by atoms with van der Waals surface area (Å²) in [6.07, 6.45) is 1.42. The van der Waals surface area contributed by atoms with Crippen molar-refractivity contribution in [3.63, 3.8) is 0 Å². The van der Waals surface area contributed by atoms with Gasteiger partial charge in [-0.3, -0.25) is 4.72 Å². The van der Waals surface area contributed by atoms with Gasteiger partial charge in [0.05, 0.1) is 16.4 Å². The molecule has 0 spiro atoms. The van der Waals surface area contributed by atoms with Gasteiger partial charge < -0.3 is 0 Å². The molecule has 0 aliphatic heterocycles. The third-order valence-electron chi connectivity index (χ3n) is 2.90. The van der Waals surface area contributed by atoms with Crippen LogP contribution in [0, 0.1) is 0 Å². The molecule has 1 heterocycles. The maximum atomic E-state index is 12.5. The third-order valence-corrected chi connectivity index (χ3v) is 5.25. The highest BCUT2D eigenvalue weighted by Gasteiger charge is 2.18. The second kappa shape index (κ2) is 6.26. The molecule has 0 saturated heterocycles. The number of nitrogens with one attached hydrogen (secondary N) is 1. The Hall–Kier alpha value is -1.97. The van der Waals surface area contributed by atoms with Crippen molar-refractivity contribution in [3.8, 4) is 5.69 Å². The van der Waals surface area contributed by atoms with Crippen LogP contribution in [-0.4, -0.2) is 28.6 Å². The van der Waals surface area contributed by atoms with Crippen molar-refractivity contribution in [3.05, 3.63) is 58.3 Å². The van der Waals surface area contributed by atoms with Crippen molar-refractivity contribution >= 4 is 43.2 Å². The van der Waals surface area contributed by atoms with Gasteiger partial charge in [-0.2, -0.15) is 0 Å². The molecular weight excluding hydrogens is 406 g/mol. The number of nitrogens with zero attached hydrogens (tertiary/aromatic N) is 4. The molecule has 0 amide bonds. The Morgan fingerprint density at radius 2 is 2.00 bits per heavy atom. The molecule has 0 unspecified atom stereocenters. The summed E-state index contributed by atoms with van der Waals surface area (Å²) in [5.41, 5.74) is 0.995. The van der Waals surface area contributed by atoms with Crippen molar-refractivity contribution in [1.82, 2.24) is 20.2 Å². The first-order chi connectivity index (χ1) is 11.0. The van der Waals surface area contributed by atoms with E-state index in [-0.39, 0.29) is 9.92 Å². The van der Waals surface area contributed by atoms with E-state index in [0.717, 1.165) is 0 Å². The zero-order valence-corrected chi connectivity index (χ0v) is 14.5. The molecule has 0 radical (unpaired) electrons. The van der Waals surface area contributed by atoms with E-state index in [9.17, 15) is 8.42 Å². The zero-order chi connectivity index (χ0) is 16.4. The van der Waals surface area contributed by atoms with Crippen molar-refractivity contribution < 1.29 is 8.42 Å². The Bertz CT molecular complexity index is 947. The summed E-state index contributed by atoms with van der Waals surface area (Å²) in [5, 5.41) is 11.0. The highest BCUT2D eigenvalue weighted by atomic mass is 79.9. The number of halogens is 2. The lowest BCUT2D eigenvalue weighted by Crippen LogP contribution is -2.13. The van der Waals surface area contributed by atoms with Gasteiger partial charge in [0.1, 0.15) is 11.2 Å². The number of aromatic nitrogens is 4. The number of sulfonamides is 1. The molecule has 118 valence electrons. The molecule has 0 saturated carbocycles. The number of benzene rings is 2. The van der Waals surface area contributed by atoms with E-state index in [1.54, 1.807) is 30.3 Å². The van der Waals surface area contributed by atoms with Gasteiger partial charge in [0.25, 0.3) is 10.0 Å². The normalized spacial score (nSPS) is 11.4. The van der Waals surface area contributed by atoms with Gasteiger partial charge in [-0.1, -0.05) is 33.6 Å². The SMILES string of the molecule is O=S(=O)(Nc1cccc(-n2cnnn2)c1)c1ccc(Br)cc1Cl. The molecule has 1 aromatic heterocycles. The van der Waals surface area contributed by atoms with Crippen LogP contribution in [-0.2, 0) is 10.0 Å². The molecule has 1 N–H and O–H groups in total. The number of hydrogen-bond acceptors (Lipinski definition) is 5. The summed E-state index contributed by atoms with van der Waals surface area (Å²) in [6.45, 7) is 0. The third kappa shape index (κ3) is 3.52. The Balaban J connectivity index is 1.93. The lowest BCUT2D eigenvalue weighted by Gasteiger charge is -2.10. The lowest BCUT2D eigenvalue weighted by atomic mass is 10.3. The van der Waals surface area contributed by atoms with Crippen molar-refractivity contribution in [2.75, 3.05) is 4.72 Å². The molecule has 2 aromatic carbocycles. The molecule has 0 atom stereocenters. The smallest absolute Gasteiger partial charge is 0.263 e. The molecule has 3 aromatic rings. The van der Waals surface area contributed by atoms with Gasteiger partial charge in [-0.15, -0.1) is 5.10 Å². The predicted octanol–water partition coefficient (Wildman–Crippen LogP) is 2.88. The number of anilines is 1. The Morgan fingerprint density at radius 3 is 2.70 bits per heavy atom. The molecule has 7 nitrogen and oxygen atoms in total. The van der Waals surface area contributed by atoms with Gasteiger partial charge in [0.15, 0.2) is 0 Å². The molecule has 10 heteroatoms. The van der Waals surface area contributed by atoms with Crippen molar-refractivity contribution in [2.24, 2.45) is 0 Å². The first-order valence-electron chi connectivity index (χ1n) is 6.27. The fourth-order valence-corrected chi connectivity index (χ4v) is 3.98. The minimum absolute atomic E-state index is 0.00445. The van der Waals surface area contributed by atoms with Gasteiger partial charge in [0, 0.05) is 4.47 Å². The van der Waals surface area contributed by atoms with E-state index in [0.29, 0.717) is 15.8 Å². The van der Waals surface area contributed by atoms with Crippen LogP contribution in [0.15, 0.2) is 58.2 Å². The fraction of sp³-hybridized carbons (Fsp3) is 0. The molecule has 3 rings (SSSR count). The average Bonchev–Trinajstić information content (AvgIpc) is 3.00. The zero-order valence-electron chi connectivity index (χ0n) is 11.4. The van der Waals surface area contributed by atoms with Crippen LogP contribution in [0.1, 0.15) is 0 Å². The lowest BCUT2D eigenvalue weighted by molar-refractivity contribution is 0.601. The molecule has 0 aliphatic rings. The van der Waals surface area contributed by atoms with Crippen LogP contribution >= 0.6 is 27.5 Å². The molecule has 0 aliphatic carbocycles. The molecule has 23 heavy (non-hydrogen) atoms. The Kier molecular flexibility index (Phi) is 4.33. The summed E-state index contributed by atoms with van der Waals surface area (Å²) >= 11 is 9.25. The van der Waals surface area contributed by atoms with Crippen molar-refractivity contribution in [2.45, 2.75) is 4.90 Å². The van der Waals surface area contributed by atoms with E-state index in [1.807, 2.05) is 0 Å². The first kappa shape index (κ1) is 15.9. The summed E-state index contributed by atoms with van der Waals surface area (Å²) in [5.74, 6) is 0. The van der Waals surface area contributed by atoms with E-state index < -0.39 is 10.0 Å². The maximum absolute atomic E-state index is 12.5. The fourth-order valence-electron chi connectivity index (χ4n) is 1.89. The van der Waals surface area contributed by atoms with E-state index in [2.05, 4.69) is 36.2 Å². The number of hydrogen-bond donors (Lipinski definition) is 1. The highest BCUT2D eigenvalue weighted by Crippen LogP contribution is 2.27. The minimum atomic E-state index is -3.81. The predicted molar refractivity (Wildman–Crippen MR) is 89.1 cm³/mol. The van der Waals surface area contributed by atoms with Crippen LogP contribution in [0.2, 0.25) is 5.02 Å². The van der Waals surface area contributed by atoms with E-state index in [1.165, 1.54) is 23.1 Å². The van der Waals surface area contributed by atoms with E-state index >= 15 is 0 Å². The van der Waals surface area contributed by atoms with Crippen LogP contribution < -0.4 is 4.72 Å². The summed E-state index contributed by atoms with van der Waals surface area (Å²) in [7, 11) is -3.81. The first-order valence-corrected chi connectivity index (χ1v) is 8.92. The van der Waals surface area contributed by atoms with Gasteiger partial charge >= 0.3 is 0 Å². The minimum Gasteiger partial charge on any atom is -0.280 e. The summed E-state index contributed by atoms with van der Waals surface area (Å²) < 4.78 is 29.6. The quantitative estimate of drug-likeness (QED) is 0.709. The topological polar surface area (TPSA) is 89.8 Å². The second-order valence-corrected chi connectivity index (χ2v) is 7.46. The molecule has 0 fully saturated rings. The number of rotatable bonds is 4. The van der Waals surface area contributed by atoms with Crippen molar-refractivity contribution in [1.29, 1.82) is 0 Å². The largest absolute Gasteiger partial charge is 0.280 e.